The van der Waals surface area contributed by atoms with E-state index in [1.807, 2.05) is 38.8 Å². The van der Waals surface area contributed by atoms with Crippen LogP contribution in [0.2, 0.25) is 0 Å². The standard InChI is InChI=1S/C28H36N3O8S.C7H8O3S/c1-19(32)38-26-18-27(39-20(2)33)31(15-8-9-16-36-6)25(29-26)12-10-11-24-28(3,4)22-17-21(40(34,35)37-7)13-14-23(22)30(24)5;1-6-2-4-7(5-3-6)11(8,9)10/h10-14,17-18H,8-9,15-16H2,1-7H3;2-5H,1H3,(H,8,9,10)/q+1;/p-1. The van der Waals surface area contributed by atoms with Crippen LogP contribution in [0.25, 0.3) is 6.08 Å². The fourth-order valence-electron chi connectivity index (χ4n) is 5.30. The van der Waals surface area contributed by atoms with Crippen molar-refractivity contribution >= 4 is 43.9 Å². The number of ether oxygens (including phenoxy) is 3. The second kappa shape index (κ2) is 17.2. The van der Waals surface area contributed by atoms with Crippen LogP contribution >= 0.6 is 0 Å². The number of hydrogen-bond donors (Lipinski definition) is 0. The Balaban J connectivity index is 0.000000542. The molecule has 4 rings (SSSR count). The monoisotopic (exact) mass is 745 g/mol. The zero-order chi connectivity index (χ0) is 38.1. The highest BCUT2D eigenvalue weighted by molar-refractivity contribution is 7.86. The van der Waals surface area contributed by atoms with Crippen molar-refractivity contribution in [2.75, 3.05) is 32.8 Å². The number of fused-ring (bicyclic) bond motifs is 1. The number of aromatic nitrogens is 2. The van der Waals surface area contributed by atoms with Crippen LogP contribution in [0.15, 0.2) is 76.2 Å². The van der Waals surface area contributed by atoms with E-state index in [0.717, 1.165) is 42.5 Å². The van der Waals surface area contributed by atoms with Crippen LogP contribution in [-0.4, -0.2) is 66.2 Å². The molecule has 0 aliphatic carbocycles. The Bertz CT molecular complexity index is 2020. The number of aryl methyl sites for hydroxylation is 1. The molecule has 1 aliphatic heterocycles. The predicted octanol–water partition coefficient (Wildman–Crippen LogP) is 4.21. The molecule has 14 nitrogen and oxygen atoms in total. The van der Waals surface area contributed by atoms with Gasteiger partial charge < -0.3 is 23.7 Å². The molecule has 0 spiro atoms. The maximum absolute atomic E-state index is 12.3. The smallest absolute Gasteiger partial charge is 0.343 e. The fourth-order valence-corrected chi connectivity index (χ4v) is 6.46. The van der Waals surface area contributed by atoms with Gasteiger partial charge >= 0.3 is 23.6 Å². The quantitative estimate of drug-likeness (QED) is 0.0846. The number of nitrogens with zero attached hydrogens (tertiary/aromatic N) is 3. The molecule has 0 fully saturated rings. The number of methoxy groups -OCH3 is 1. The first-order valence-electron chi connectivity index (χ1n) is 15.7. The van der Waals surface area contributed by atoms with Crippen molar-refractivity contribution in [1.29, 1.82) is 0 Å². The lowest BCUT2D eigenvalue weighted by atomic mass is 9.84. The number of carbonyl (C=O) groups is 2. The van der Waals surface area contributed by atoms with Gasteiger partial charge in [0, 0.05) is 57.5 Å². The highest BCUT2D eigenvalue weighted by Gasteiger charge is 2.39. The van der Waals surface area contributed by atoms with Crippen LogP contribution in [0, 0.1) is 6.92 Å². The number of likely N-dealkylation sites (N-methyl/N-ethyl adjacent to an activating group) is 1. The molecule has 3 aromatic rings. The van der Waals surface area contributed by atoms with Gasteiger partial charge in [0.05, 0.1) is 23.4 Å². The minimum Gasteiger partial charge on any atom is -0.744 e. The normalized spacial score (nSPS) is 14.6. The van der Waals surface area contributed by atoms with Gasteiger partial charge in [0.15, 0.2) is 0 Å². The summed E-state index contributed by atoms with van der Waals surface area (Å²) in [5, 5.41) is 0. The first-order chi connectivity index (χ1) is 23.8. The number of benzene rings is 2. The van der Waals surface area contributed by atoms with Gasteiger partial charge in [-0.15, -0.1) is 0 Å². The van der Waals surface area contributed by atoms with Crippen LogP contribution in [0.3, 0.4) is 0 Å². The van der Waals surface area contributed by atoms with E-state index in [4.69, 9.17) is 18.4 Å². The maximum Gasteiger partial charge on any atom is 0.343 e. The third-order valence-corrected chi connectivity index (χ3v) is 9.93. The number of anilines is 1. The van der Waals surface area contributed by atoms with Crippen molar-refractivity contribution < 1.29 is 53.9 Å². The summed E-state index contributed by atoms with van der Waals surface area (Å²) in [6, 6.07) is 12.1. The second-order valence-electron chi connectivity index (χ2n) is 12.0. The van der Waals surface area contributed by atoms with Crippen LogP contribution in [0.4, 0.5) is 5.69 Å². The molecule has 0 saturated heterocycles. The molecular formula is C35H43N3O11S2. The van der Waals surface area contributed by atoms with E-state index < -0.39 is 37.6 Å². The molecule has 0 atom stereocenters. The summed E-state index contributed by atoms with van der Waals surface area (Å²) in [4.78, 5) is 29.8. The largest absolute Gasteiger partial charge is 0.744 e. The van der Waals surface area contributed by atoms with Crippen molar-refractivity contribution in [1.82, 2.24) is 4.98 Å². The molecule has 0 saturated carbocycles. The SMILES string of the molecule is COCCCC[n+]1c(OC(C)=O)cc(OC(C)=O)nc1C=CC=C1N(C)c2ccc(S(=O)(=O)OC)cc2C1(C)C.Cc1ccc(S(=O)(=O)[O-])cc1. The van der Waals surface area contributed by atoms with Gasteiger partial charge in [-0.25, -0.2) is 8.42 Å². The van der Waals surface area contributed by atoms with Crippen molar-refractivity contribution in [2.24, 2.45) is 0 Å². The third kappa shape index (κ3) is 10.8. The second-order valence-corrected chi connectivity index (χ2v) is 15.1. The van der Waals surface area contributed by atoms with Crippen LogP contribution < -0.4 is 18.9 Å². The predicted molar refractivity (Wildman–Crippen MR) is 186 cm³/mol. The Kier molecular flexibility index (Phi) is 13.8. The van der Waals surface area contributed by atoms with E-state index >= 15 is 0 Å². The van der Waals surface area contributed by atoms with E-state index in [0.29, 0.717) is 19.0 Å². The van der Waals surface area contributed by atoms with Gasteiger partial charge in [-0.05, 0) is 66.7 Å². The van der Waals surface area contributed by atoms with Gasteiger partial charge in [0.25, 0.3) is 16.0 Å². The van der Waals surface area contributed by atoms with Crippen molar-refractivity contribution in [2.45, 2.75) is 69.2 Å². The minimum absolute atomic E-state index is 0.00166. The lowest BCUT2D eigenvalue weighted by Gasteiger charge is -2.23. The number of hydrogen-bond acceptors (Lipinski definition) is 13. The molecule has 0 unspecified atom stereocenters. The Morgan fingerprint density at radius 1 is 0.941 bits per heavy atom. The molecule has 2 heterocycles. The topological polar surface area (TPSA) is 182 Å². The molecule has 0 amide bonds. The summed E-state index contributed by atoms with van der Waals surface area (Å²) in [6.45, 7) is 9.44. The molecule has 51 heavy (non-hydrogen) atoms. The zero-order valence-corrected chi connectivity index (χ0v) is 31.5. The summed E-state index contributed by atoms with van der Waals surface area (Å²) in [6.07, 6.45) is 6.94. The van der Waals surface area contributed by atoms with Crippen LogP contribution in [-0.2, 0) is 50.7 Å². The van der Waals surface area contributed by atoms with E-state index in [2.05, 4.69) is 4.98 Å². The Labute approximate surface area is 299 Å². The molecule has 1 aromatic heterocycles. The van der Waals surface area contributed by atoms with Gasteiger partial charge in [-0.2, -0.15) is 13.0 Å². The van der Waals surface area contributed by atoms with Crippen molar-refractivity contribution in [3.8, 4) is 11.8 Å². The Morgan fingerprint density at radius 2 is 1.57 bits per heavy atom. The highest BCUT2D eigenvalue weighted by atomic mass is 32.2. The fraction of sp³-hybridized carbons (Fsp3) is 0.371. The number of allylic oxidation sites excluding steroid dienone is 3. The lowest BCUT2D eigenvalue weighted by Crippen LogP contribution is -2.41. The van der Waals surface area contributed by atoms with Crippen molar-refractivity contribution in [3.05, 3.63) is 83.3 Å². The molecule has 276 valence electrons. The molecule has 1 aliphatic rings. The average Bonchev–Trinajstić information content (AvgIpc) is 3.23. The van der Waals surface area contributed by atoms with Crippen molar-refractivity contribution in [3.63, 3.8) is 0 Å². The summed E-state index contributed by atoms with van der Waals surface area (Å²) in [7, 11) is -3.44. The van der Waals surface area contributed by atoms with Gasteiger partial charge in [0.1, 0.15) is 16.2 Å². The highest BCUT2D eigenvalue weighted by Crippen LogP contribution is 2.47. The van der Waals surface area contributed by atoms with Gasteiger partial charge in [-0.1, -0.05) is 37.6 Å². The van der Waals surface area contributed by atoms with E-state index in [1.54, 1.807) is 48.1 Å². The first-order valence-corrected chi connectivity index (χ1v) is 18.5. The van der Waals surface area contributed by atoms with E-state index in [1.165, 1.54) is 38.1 Å². The average molecular weight is 746 g/mol. The maximum atomic E-state index is 12.3. The summed E-state index contributed by atoms with van der Waals surface area (Å²) < 4.78 is 78.0. The Morgan fingerprint density at radius 3 is 2.14 bits per heavy atom. The van der Waals surface area contributed by atoms with Gasteiger partial charge in [0.2, 0.25) is 0 Å². The molecule has 2 aromatic carbocycles. The number of rotatable bonds is 12. The van der Waals surface area contributed by atoms with E-state index in [-0.39, 0.29) is 21.6 Å². The summed E-state index contributed by atoms with van der Waals surface area (Å²) in [5.74, 6) is -0.473. The van der Waals surface area contributed by atoms with E-state index in [9.17, 15) is 31.0 Å². The number of esters is 2. The first kappa shape index (κ1) is 40.9. The van der Waals surface area contributed by atoms with Gasteiger partial charge in [-0.3, -0.25) is 13.8 Å². The summed E-state index contributed by atoms with van der Waals surface area (Å²) in [5.41, 5.74) is 3.03. The van der Waals surface area contributed by atoms with Crippen LogP contribution in [0.1, 0.15) is 57.5 Å². The number of unbranched alkanes of at least 4 members (excludes halogenated alkanes) is 1. The molecule has 0 N–H and O–H groups in total. The molecule has 0 bridgehead atoms. The minimum atomic E-state index is -4.27. The molecule has 0 radical (unpaired) electrons. The molecule has 16 heteroatoms. The number of carbonyl (C=O) groups excluding carboxylic acids is 2. The molecular weight excluding hydrogens is 703 g/mol. The lowest BCUT2D eigenvalue weighted by molar-refractivity contribution is -0.705. The third-order valence-electron chi connectivity index (χ3n) is 7.81. The van der Waals surface area contributed by atoms with Crippen LogP contribution in [0.5, 0.6) is 11.8 Å². The zero-order valence-electron chi connectivity index (χ0n) is 29.8. The summed E-state index contributed by atoms with van der Waals surface area (Å²) >= 11 is 0. The Hall–Kier alpha value is -4.48.